The Morgan fingerprint density at radius 2 is 2.15 bits per heavy atom. The maximum atomic E-state index is 12.4. The number of nitrogens with zero attached hydrogens (tertiary/aromatic N) is 3. The number of nitriles is 1. The third-order valence-electron chi connectivity index (χ3n) is 3.68. The molecule has 26 heavy (non-hydrogen) atoms. The highest BCUT2D eigenvalue weighted by Crippen LogP contribution is 2.20. The summed E-state index contributed by atoms with van der Waals surface area (Å²) in [6.07, 6.45) is 5.60. The summed E-state index contributed by atoms with van der Waals surface area (Å²) in [5.41, 5.74) is 8.48. The van der Waals surface area contributed by atoms with E-state index in [0.29, 0.717) is 27.9 Å². The topological polar surface area (TPSA) is 142 Å². The summed E-state index contributed by atoms with van der Waals surface area (Å²) in [5.74, 6) is -0.233. The highest BCUT2D eigenvalue weighted by molar-refractivity contribution is 6.14. The summed E-state index contributed by atoms with van der Waals surface area (Å²) in [6, 6.07) is 6.71. The molecule has 3 heterocycles. The number of aromatic nitrogens is 2. The summed E-state index contributed by atoms with van der Waals surface area (Å²) in [6.45, 7) is 1.69. The van der Waals surface area contributed by atoms with Gasteiger partial charge in [-0.2, -0.15) is 5.26 Å². The SMILES string of the molecule is Cc1cc(C#N)cnc1C(=O)Nc1cc(C(=N)c2ccoc2)c(N)cn1. The number of amides is 1. The first-order chi connectivity index (χ1) is 12.5. The van der Waals surface area contributed by atoms with E-state index in [0.717, 1.165) is 0 Å². The van der Waals surface area contributed by atoms with Crippen molar-refractivity contribution in [3.8, 4) is 6.07 Å². The molecule has 0 atom stereocenters. The molecule has 0 aliphatic rings. The summed E-state index contributed by atoms with van der Waals surface area (Å²) in [4.78, 5) is 20.5. The van der Waals surface area contributed by atoms with Crippen LogP contribution in [-0.4, -0.2) is 21.6 Å². The van der Waals surface area contributed by atoms with Crippen molar-refractivity contribution in [3.05, 3.63) is 71.1 Å². The van der Waals surface area contributed by atoms with Gasteiger partial charge < -0.3 is 15.5 Å². The van der Waals surface area contributed by atoms with Gasteiger partial charge in [-0.3, -0.25) is 10.2 Å². The van der Waals surface area contributed by atoms with Gasteiger partial charge in [-0.25, -0.2) is 9.97 Å². The van der Waals surface area contributed by atoms with Crippen LogP contribution in [0.5, 0.6) is 0 Å². The minimum absolute atomic E-state index is 0.154. The Balaban J connectivity index is 1.87. The third-order valence-corrected chi connectivity index (χ3v) is 3.68. The molecule has 4 N–H and O–H groups in total. The fraction of sp³-hybridized carbons (Fsp3) is 0.0556. The molecular formula is C18H14N6O2. The second-order valence-corrected chi connectivity index (χ2v) is 5.50. The van der Waals surface area contributed by atoms with E-state index in [9.17, 15) is 4.79 Å². The van der Waals surface area contributed by atoms with Crippen molar-refractivity contribution in [1.82, 2.24) is 9.97 Å². The number of carbonyl (C=O) groups is 1. The Bertz CT molecular complexity index is 1030. The van der Waals surface area contributed by atoms with Crippen molar-refractivity contribution < 1.29 is 9.21 Å². The van der Waals surface area contributed by atoms with Gasteiger partial charge in [-0.1, -0.05) is 0 Å². The third kappa shape index (κ3) is 3.27. The number of hydrogen-bond acceptors (Lipinski definition) is 7. The van der Waals surface area contributed by atoms with Gasteiger partial charge in [0.1, 0.15) is 17.6 Å². The van der Waals surface area contributed by atoms with Gasteiger partial charge in [0.05, 0.1) is 35.7 Å². The van der Waals surface area contributed by atoms with E-state index in [1.165, 1.54) is 31.0 Å². The number of hydrogen-bond donors (Lipinski definition) is 3. The molecule has 0 saturated carbocycles. The van der Waals surface area contributed by atoms with Gasteiger partial charge in [-0.05, 0) is 30.7 Å². The van der Waals surface area contributed by atoms with Gasteiger partial charge in [-0.15, -0.1) is 0 Å². The number of pyridine rings is 2. The van der Waals surface area contributed by atoms with Crippen LogP contribution in [0.4, 0.5) is 11.5 Å². The Labute approximate surface area is 148 Å². The Hall–Kier alpha value is -3.99. The normalized spacial score (nSPS) is 10.2. The van der Waals surface area contributed by atoms with Gasteiger partial charge in [0.2, 0.25) is 0 Å². The molecule has 0 unspecified atom stereocenters. The van der Waals surface area contributed by atoms with Gasteiger partial charge >= 0.3 is 0 Å². The van der Waals surface area contributed by atoms with Crippen LogP contribution >= 0.6 is 0 Å². The standard InChI is InChI=1S/C18H14N6O2/c1-10-4-11(6-19)7-23-17(10)18(25)24-15-5-13(14(20)8-22-15)16(21)12-2-3-26-9-12/h2-5,7-9,21H,20H2,1H3,(H,22,24,25). The van der Waals surface area contributed by atoms with Gasteiger partial charge in [0, 0.05) is 17.3 Å². The lowest BCUT2D eigenvalue weighted by Gasteiger charge is -2.10. The van der Waals surface area contributed by atoms with Crippen LogP contribution < -0.4 is 11.1 Å². The average molecular weight is 346 g/mol. The highest BCUT2D eigenvalue weighted by Gasteiger charge is 2.15. The van der Waals surface area contributed by atoms with Crippen LogP contribution in [0.25, 0.3) is 0 Å². The largest absolute Gasteiger partial charge is 0.472 e. The van der Waals surface area contributed by atoms with E-state index in [-0.39, 0.29) is 17.2 Å². The lowest BCUT2D eigenvalue weighted by molar-refractivity contribution is 0.102. The Morgan fingerprint density at radius 3 is 2.81 bits per heavy atom. The molecule has 1 amide bonds. The van der Waals surface area contributed by atoms with Crippen molar-refractivity contribution >= 4 is 23.1 Å². The van der Waals surface area contributed by atoms with Crippen LogP contribution in [-0.2, 0) is 0 Å². The zero-order valence-corrected chi connectivity index (χ0v) is 13.8. The average Bonchev–Trinajstić information content (AvgIpc) is 3.17. The van der Waals surface area contributed by atoms with E-state index >= 15 is 0 Å². The molecule has 8 nitrogen and oxygen atoms in total. The predicted octanol–water partition coefficient (Wildman–Crippen LogP) is 2.50. The highest BCUT2D eigenvalue weighted by atomic mass is 16.3. The zero-order valence-electron chi connectivity index (χ0n) is 13.8. The van der Waals surface area contributed by atoms with Crippen LogP contribution in [0.15, 0.2) is 47.5 Å². The molecular weight excluding hydrogens is 332 g/mol. The molecule has 0 radical (unpaired) electrons. The minimum Gasteiger partial charge on any atom is -0.472 e. The maximum Gasteiger partial charge on any atom is 0.275 e. The van der Waals surface area contributed by atoms with Crippen molar-refractivity contribution in [2.24, 2.45) is 0 Å². The van der Waals surface area contributed by atoms with Crippen LogP contribution in [0, 0.1) is 23.7 Å². The maximum absolute atomic E-state index is 12.4. The number of nitrogens with one attached hydrogen (secondary N) is 2. The molecule has 0 aliphatic carbocycles. The van der Waals surface area contributed by atoms with Crippen LogP contribution in [0.2, 0.25) is 0 Å². The van der Waals surface area contributed by atoms with E-state index in [4.69, 9.17) is 20.8 Å². The first-order valence-electron chi connectivity index (χ1n) is 7.54. The molecule has 8 heteroatoms. The minimum atomic E-state index is -0.468. The van der Waals surface area contributed by atoms with Gasteiger partial charge in [0.15, 0.2) is 0 Å². The van der Waals surface area contributed by atoms with E-state index in [2.05, 4.69) is 15.3 Å². The number of furan rings is 1. The smallest absolute Gasteiger partial charge is 0.275 e. The second kappa shape index (κ2) is 6.86. The number of nitrogen functional groups attached to an aromatic ring is 1. The number of anilines is 2. The Morgan fingerprint density at radius 1 is 1.35 bits per heavy atom. The van der Waals surface area contributed by atoms with E-state index in [1.807, 2.05) is 6.07 Å². The summed E-state index contributed by atoms with van der Waals surface area (Å²) in [7, 11) is 0. The van der Waals surface area contributed by atoms with Crippen LogP contribution in [0.1, 0.15) is 32.7 Å². The number of carbonyl (C=O) groups excluding carboxylic acids is 1. The van der Waals surface area contributed by atoms with Crippen molar-refractivity contribution in [3.63, 3.8) is 0 Å². The summed E-state index contributed by atoms with van der Waals surface area (Å²) < 4.78 is 4.98. The number of aryl methyl sites for hydroxylation is 1. The molecule has 3 rings (SSSR count). The molecule has 0 bridgehead atoms. The molecule has 0 saturated heterocycles. The first kappa shape index (κ1) is 16.9. The molecule has 0 fully saturated rings. The number of rotatable bonds is 4. The quantitative estimate of drug-likeness (QED) is 0.620. The molecule has 0 spiro atoms. The van der Waals surface area contributed by atoms with Crippen molar-refractivity contribution in [2.45, 2.75) is 6.92 Å². The summed E-state index contributed by atoms with van der Waals surface area (Å²) in [5, 5.41) is 19.7. The first-order valence-corrected chi connectivity index (χ1v) is 7.54. The van der Waals surface area contributed by atoms with E-state index in [1.54, 1.807) is 19.1 Å². The van der Waals surface area contributed by atoms with Crippen molar-refractivity contribution in [1.29, 1.82) is 10.7 Å². The van der Waals surface area contributed by atoms with Crippen LogP contribution in [0.3, 0.4) is 0 Å². The Kier molecular flexibility index (Phi) is 4.45. The lowest BCUT2D eigenvalue weighted by atomic mass is 10.0. The molecule has 128 valence electrons. The number of nitrogens with two attached hydrogens (primary N) is 1. The molecule has 3 aromatic rings. The summed E-state index contributed by atoms with van der Waals surface area (Å²) >= 11 is 0. The molecule has 0 aliphatic heterocycles. The second-order valence-electron chi connectivity index (χ2n) is 5.50. The predicted molar refractivity (Wildman–Crippen MR) is 94.9 cm³/mol. The van der Waals surface area contributed by atoms with Gasteiger partial charge in [0.25, 0.3) is 5.91 Å². The fourth-order valence-corrected chi connectivity index (χ4v) is 2.36. The monoisotopic (exact) mass is 346 g/mol. The van der Waals surface area contributed by atoms with Crippen molar-refractivity contribution in [2.75, 3.05) is 11.1 Å². The molecule has 0 aromatic carbocycles. The molecule has 3 aromatic heterocycles. The van der Waals surface area contributed by atoms with E-state index < -0.39 is 5.91 Å². The zero-order chi connectivity index (χ0) is 18.7. The lowest BCUT2D eigenvalue weighted by Crippen LogP contribution is -2.17. The fourth-order valence-electron chi connectivity index (χ4n) is 2.36.